The fourth-order valence-electron chi connectivity index (χ4n) is 2.33. The van der Waals surface area contributed by atoms with Gasteiger partial charge in [0.05, 0.1) is 19.8 Å². The lowest BCUT2D eigenvalue weighted by Gasteiger charge is -2.23. The molecule has 1 atom stereocenters. The molecule has 1 aromatic carbocycles. The number of hydrogen-bond acceptors (Lipinski definition) is 4. The number of rotatable bonds is 5. The smallest absolute Gasteiger partial charge is 0.173 e. The molecule has 0 spiro atoms. The van der Waals surface area contributed by atoms with Crippen molar-refractivity contribution in [3.63, 3.8) is 0 Å². The summed E-state index contributed by atoms with van der Waals surface area (Å²) in [5.41, 5.74) is 1.09. The Bertz CT molecular complexity index is 570. The molecule has 0 bridgehead atoms. The van der Waals surface area contributed by atoms with E-state index in [-0.39, 0.29) is 0 Å². The van der Waals surface area contributed by atoms with Gasteiger partial charge in [-0.1, -0.05) is 12.1 Å². The molecular weight excluding hydrogens is 272 g/mol. The molecule has 0 saturated heterocycles. The molecule has 3 nitrogen and oxygen atoms in total. The first-order valence-corrected chi connectivity index (χ1v) is 7.28. The number of aryl methyl sites for hydroxylation is 1. The van der Waals surface area contributed by atoms with Crippen LogP contribution in [0.2, 0.25) is 0 Å². The van der Waals surface area contributed by atoms with Crippen molar-refractivity contribution >= 4 is 11.3 Å². The Kier molecular flexibility index (Phi) is 4.35. The van der Waals surface area contributed by atoms with Crippen LogP contribution in [0.4, 0.5) is 0 Å². The summed E-state index contributed by atoms with van der Waals surface area (Å²) in [5.74, 6) is 0.821. The van der Waals surface area contributed by atoms with E-state index in [0.717, 1.165) is 26.8 Å². The van der Waals surface area contributed by atoms with Gasteiger partial charge in [0, 0.05) is 16.9 Å². The predicted octanol–water partition coefficient (Wildman–Crippen LogP) is 3.52. The van der Waals surface area contributed by atoms with Crippen LogP contribution < -0.4 is 9.47 Å². The molecule has 4 heteroatoms. The maximum Gasteiger partial charge on any atom is 0.173 e. The van der Waals surface area contributed by atoms with Gasteiger partial charge in [-0.25, -0.2) is 0 Å². The molecule has 0 fully saturated rings. The Morgan fingerprint density at radius 3 is 2.30 bits per heavy atom. The van der Waals surface area contributed by atoms with Gasteiger partial charge in [-0.2, -0.15) is 0 Å². The Labute approximate surface area is 123 Å². The quantitative estimate of drug-likeness (QED) is 0.916. The number of methoxy groups -OCH3 is 2. The molecule has 0 aliphatic rings. The third kappa shape index (κ3) is 3.14. The van der Waals surface area contributed by atoms with Crippen LogP contribution in [0.5, 0.6) is 10.8 Å². The largest absolute Gasteiger partial charge is 0.497 e. The Morgan fingerprint density at radius 2 is 1.80 bits per heavy atom. The van der Waals surface area contributed by atoms with E-state index < -0.39 is 5.60 Å². The summed E-state index contributed by atoms with van der Waals surface area (Å²) < 4.78 is 10.4. The Balaban J connectivity index is 2.22. The van der Waals surface area contributed by atoms with E-state index in [1.807, 2.05) is 44.2 Å². The van der Waals surface area contributed by atoms with E-state index in [4.69, 9.17) is 9.47 Å². The number of benzene rings is 1. The minimum Gasteiger partial charge on any atom is -0.497 e. The summed E-state index contributed by atoms with van der Waals surface area (Å²) in [7, 11) is 3.29. The van der Waals surface area contributed by atoms with Gasteiger partial charge in [-0.15, -0.1) is 11.3 Å². The van der Waals surface area contributed by atoms with Crippen molar-refractivity contribution in [2.75, 3.05) is 14.2 Å². The van der Waals surface area contributed by atoms with Crippen molar-refractivity contribution in [3.05, 3.63) is 46.3 Å². The van der Waals surface area contributed by atoms with Gasteiger partial charge in [-0.05, 0) is 37.6 Å². The first-order chi connectivity index (χ1) is 9.46. The Hall–Kier alpha value is -1.52. The van der Waals surface area contributed by atoms with Crippen LogP contribution in [0.1, 0.15) is 22.9 Å². The van der Waals surface area contributed by atoms with Crippen LogP contribution in [0.25, 0.3) is 0 Å². The lowest BCUT2D eigenvalue weighted by Crippen LogP contribution is -2.24. The predicted molar refractivity (Wildman–Crippen MR) is 81.9 cm³/mol. The topological polar surface area (TPSA) is 38.7 Å². The second-order valence-electron chi connectivity index (χ2n) is 5.04. The van der Waals surface area contributed by atoms with Crippen molar-refractivity contribution in [2.24, 2.45) is 0 Å². The van der Waals surface area contributed by atoms with Crippen molar-refractivity contribution in [1.82, 2.24) is 0 Å². The molecule has 108 valence electrons. The molecule has 0 aliphatic heterocycles. The fourth-order valence-corrected chi connectivity index (χ4v) is 3.28. The van der Waals surface area contributed by atoms with E-state index >= 15 is 0 Å². The van der Waals surface area contributed by atoms with Gasteiger partial charge in [0.2, 0.25) is 0 Å². The monoisotopic (exact) mass is 292 g/mol. The standard InChI is InChI=1S/C16H20O3S/c1-11-14(9-15(19-4)20-11)16(2,17)10-12-5-7-13(18-3)8-6-12/h5-9,17H,10H2,1-4H3. The summed E-state index contributed by atoms with van der Waals surface area (Å²) in [6, 6.07) is 9.70. The first-order valence-electron chi connectivity index (χ1n) is 6.46. The van der Waals surface area contributed by atoms with Crippen molar-refractivity contribution in [2.45, 2.75) is 25.9 Å². The van der Waals surface area contributed by atoms with Crippen LogP contribution in [-0.4, -0.2) is 19.3 Å². The highest BCUT2D eigenvalue weighted by atomic mass is 32.1. The maximum atomic E-state index is 10.8. The third-order valence-corrected chi connectivity index (χ3v) is 4.40. The lowest BCUT2D eigenvalue weighted by atomic mass is 9.89. The SMILES string of the molecule is COc1ccc(CC(C)(O)c2cc(OC)sc2C)cc1. The maximum absolute atomic E-state index is 10.8. The molecule has 1 aromatic heterocycles. The molecule has 2 aromatic rings. The molecular formula is C16H20O3S. The highest BCUT2D eigenvalue weighted by molar-refractivity contribution is 7.13. The minimum atomic E-state index is -0.911. The average molecular weight is 292 g/mol. The minimum absolute atomic E-state index is 0.553. The molecule has 1 heterocycles. The van der Waals surface area contributed by atoms with Crippen molar-refractivity contribution in [1.29, 1.82) is 0 Å². The third-order valence-electron chi connectivity index (χ3n) is 3.38. The average Bonchev–Trinajstić information content (AvgIpc) is 2.81. The van der Waals surface area contributed by atoms with Crippen molar-refractivity contribution in [3.8, 4) is 10.8 Å². The van der Waals surface area contributed by atoms with E-state index in [2.05, 4.69) is 0 Å². The zero-order valence-electron chi connectivity index (χ0n) is 12.3. The first kappa shape index (κ1) is 14.9. The van der Waals surface area contributed by atoms with Crippen molar-refractivity contribution < 1.29 is 14.6 Å². The zero-order chi connectivity index (χ0) is 14.8. The summed E-state index contributed by atoms with van der Waals surface area (Å²) in [4.78, 5) is 1.08. The summed E-state index contributed by atoms with van der Waals surface area (Å²) >= 11 is 1.56. The van der Waals surface area contributed by atoms with Gasteiger partial charge in [0.1, 0.15) is 5.75 Å². The van der Waals surface area contributed by atoms with Crippen LogP contribution in [0, 0.1) is 6.92 Å². The normalized spacial score (nSPS) is 13.8. The van der Waals surface area contributed by atoms with Crippen LogP contribution in [0.15, 0.2) is 30.3 Å². The van der Waals surface area contributed by atoms with Gasteiger partial charge in [0.15, 0.2) is 5.06 Å². The molecule has 1 N–H and O–H groups in total. The number of ether oxygens (including phenoxy) is 2. The van der Waals surface area contributed by atoms with Gasteiger partial charge < -0.3 is 14.6 Å². The lowest BCUT2D eigenvalue weighted by molar-refractivity contribution is 0.0573. The molecule has 20 heavy (non-hydrogen) atoms. The van der Waals surface area contributed by atoms with Gasteiger partial charge >= 0.3 is 0 Å². The Morgan fingerprint density at radius 1 is 1.15 bits per heavy atom. The van der Waals surface area contributed by atoms with E-state index in [1.165, 1.54) is 0 Å². The van der Waals surface area contributed by atoms with Crippen LogP contribution in [0.3, 0.4) is 0 Å². The molecule has 2 rings (SSSR count). The zero-order valence-corrected chi connectivity index (χ0v) is 13.1. The van der Waals surface area contributed by atoms with Gasteiger partial charge in [-0.3, -0.25) is 0 Å². The second-order valence-corrected chi connectivity index (χ2v) is 6.26. The highest BCUT2D eigenvalue weighted by Crippen LogP contribution is 2.36. The molecule has 0 saturated carbocycles. The fraction of sp³-hybridized carbons (Fsp3) is 0.375. The molecule has 1 unspecified atom stereocenters. The second kappa shape index (κ2) is 5.85. The van der Waals surface area contributed by atoms with E-state index in [1.54, 1.807) is 25.6 Å². The summed E-state index contributed by atoms with van der Waals surface area (Å²) in [6.45, 7) is 3.84. The highest BCUT2D eigenvalue weighted by Gasteiger charge is 2.27. The van der Waals surface area contributed by atoms with Crippen LogP contribution >= 0.6 is 11.3 Å². The summed E-state index contributed by atoms with van der Waals surface area (Å²) in [6.07, 6.45) is 0.553. The number of thiophene rings is 1. The number of aliphatic hydroxyl groups is 1. The molecule has 0 amide bonds. The van der Waals surface area contributed by atoms with Crippen LogP contribution in [-0.2, 0) is 12.0 Å². The number of hydrogen-bond donors (Lipinski definition) is 1. The molecule has 0 radical (unpaired) electrons. The van der Waals surface area contributed by atoms with E-state index in [9.17, 15) is 5.11 Å². The summed E-state index contributed by atoms with van der Waals surface area (Å²) in [5, 5.41) is 11.6. The van der Waals surface area contributed by atoms with E-state index in [0.29, 0.717) is 6.42 Å². The molecule has 0 aliphatic carbocycles. The van der Waals surface area contributed by atoms with Gasteiger partial charge in [0.25, 0.3) is 0 Å².